The zero-order chi connectivity index (χ0) is 19.3. The van der Waals surface area contributed by atoms with E-state index in [2.05, 4.69) is 38.4 Å². The minimum absolute atomic E-state index is 0.205. The number of nitrogens with zero attached hydrogens (tertiary/aromatic N) is 6. The fraction of sp³-hybridized carbons (Fsp3) is 0.450. The van der Waals surface area contributed by atoms with Gasteiger partial charge in [-0.2, -0.15) is 0 Å². The van der Waals surface area contributed by atoms with E-state index < -0.39 is 0 Å². The van der Waals surface area contributed by atoms with Crippen molar-refractivity contribution < 1.29 is 0 Å². The van der Waals surface area contributed by atoms with Crippen molar-refractivity contribution in [3.63, 3.8) is 0 Å². The van der Waals surface area contributed by atoms with E-state index in [4.69, 9.17) is 9.97 Å². The van der Waals surface area contributed by atoms with Crippen molar-refractivity contribution in [2.24, 2.45) is 0 Å². The van der Waals surface area contributed by atoms with Crippen LogP contribution in [0.3, 0.4) is 0 Å². The Morgan fingerprint density at radius 2 is 2.14 bits per heavy atom. The maximum absolute atomic E-state index is 4.83. The number of aryl methyl sites for hydroxylation is 2. The molecular formula is C20H25N7S. The second-order valence-corrected chi connectivity index (χ2v) is 8.10. The summed E-state index contributed by atoms with van der Waals surface area (Å²) in [5.41, 5.74) is 2.04. The molecule has 0 aromatic carbocycles. The first-order chi connectivity index (χ1) is 13.7. The molecule has 1 aliphatic heterocycles. The van der Waals surface area contributed by atoms with Crippen LogP contribution in [0.4, 0.5) is 10.9 Å². The number of anilines is 2. The zero-order valence-corrected chi connectivity index (χ0v) is 17.1. The SMILES string of the molecule is CCc1nnc(Nc2cc(C)nc(C3CCCCN3Cc3ccccn3)n2)s1. The highest BCUT2D eigenvalue weighted by Crippen LogP contribution is 2.31. The number of nitrogens with one attached hydrogen (secondary N) is 1. The van der Waals surface area contributed by atoms with Gasteiger partial charge in [-0.05, 0) is 44.9 Å². The van der Waals surface area contributed by atoms with Gasteiger partial charge in [0.05, 0.1) is 11.7 Å². The summed E-state index contributed by atoms with van der Waals surface area (Å²) in [7, 11) is 0. The van der Waals surface area contributed by atoms with Gasteiger partial charge in [-0.15, -0.1) is 10.2 Å². The fourth-order valence-corrected chi connectivity index (χ4v) is 4.22. The molecule has 28 heavy (non-hydrogen) atoms. The zero-order valence-electron chi connectivity index (χ0n) is 16.3. The van der Waals surface area contributed by atoms with Crippen molar-refractivity contribution in [3.8, 4) is 0 Å². The molecule has 1 aliphatic rings. The molecule has 3 aromatic heterocycles. The molecule has 4 rings (SSSR count). The lowest BCUT2D eigenvalue weighted by Gasteiger charge is -2.34. The molecule has 1 saturated heterocycles. The number of hydrogen-bond acceptors (Lipinski definition) is 8. The van der Waals surface area contributed by atoms with Gasteiger partial charge in [-0.25, -0.2) is 9.97 Å². The molecule has 3 aromatic rings. The molecule has 1 unspecified atom stereocenters. The van der Waals surface area contributed by atoms with E-state index in [0.29, 0.717) is 0 Å². The second-order valence-electron chi connectivity index (χ2n) is 7.04. The van der Waals surface area contributed by atoms with E-state index in [1.807, 2.05) is 31.3 Å². The molecule has 1 atom stereocenters. The van der Waals surface area contributed by atoms with Gasteiger partial charge in [0.1, 0.15) is 16.6 Å². The van der Waals surface area contributed by atoms with Gasteiger partial charge in [0.15, 0.2) is 0 Å². The van der Waals surface area contributed by atoms with Gasteiger partial charge >= 0.3 is 0 Å². The summed E-state index contributed by atoms with van der Waals surface area (Å²) in [5.74, 6) is 1.66. The fourth-order valence-electron chi connectivity index (χ4n) is 3.53. The van der Waals surface area contributed by atoms with Crippen molar-refractivity contribution in [2.75, 3.05) is 11.9 Å². The van der Waals surface area contributed by atoms with Crippen LogP contribution >= 0.6 is 11.3 Å². The quantitative estimate of drug-likeness (QED) is 0.674. The third-order valence-electron chi connectivity index (χ3n) is 4.88. The van der Waals surface area contributed by atoms with E-state index in [1.54, 1.807) is 11.3 Å². The molecule has 8 heteroatoms. The third kappa shape index (κ3) is 4.51. The highest BCUT2D eigenvalue weighted by molar-refractivity contribution is 7.15. The molecule has 7 nitrogen and oxygen atoms in total. The lowest BCUT2D eigenvalue weighted by atomic mass is 10.0. The van der Waals surface area contributed by atoms with Gasteiger partial charge in [-0.1, -0.05) is 30.7 Å². The van der Waals surface area contributed by atoms with Crippen LogP contribution in [0.25, 0.3) is 0 Å². The van der Waals surface area contributed by atoms with E-state index in [-0.39, 0.29) is 6.04 Å². The number of rotatable bonds is 6. The molecule has 0 spiro atoms. The first-order valence-corrected chi connectivity index (χ1v) is 10.6. The molecule has 146 valence electrons. The van der Waals surface area contributed by atoms with Crippen molar-refractivity contribution in [3.05, 3.63) is 52.7 Å². The van der Waals surface area contributed by atoms with Gasteiger partial charge in [0.25, 0.3) is 0 Å². The van der Waals surface area contributed by atoms with Crippen LogP contribution in [0.1, 0.15) is 54.4 Å². The molecule has 4 heterocycles. The first kappa shape index (κ1) is 18.9. The van der Waals surface area contributed by atoms with Crippen LogP contribution < -0.4 is 5.32 Å². The van der Waals surface area contributed by atoms with E-state index >= 15 is 0 Å². The van der Waals surface area contributed by atoms with Gasteiger partial charge in [0, 0.05) is 24.5 Å². The van der Waals surface area contributed by atoms with Crippen LogP contribution in [-0.2, 0) is 13.0 Å². The summed E-state index contributed by atoms with van der Waals surface area (Å²) in [6.07, 6.45) is 6.20. The Labute approximate surface area is 169 Å². The number of piperidine rings is 1. The van der Waals surface area contributed by atoms with Gasteiger partial charge < -0.3 is 5.32 Å². The summed E-state index contributed by atoms with van der Waals surface area (Å²) in [4.78, 5) is 16.5. The highest BCUT2D eigenvalue weighted by Gasteiger charge is 2.27. The van der Waals surface area contributed by atoms with Gasteiger partial charge in [-0.3, -0.25) is 9.88 Å². The molecular weight excluding hydrogens is 370 g/mol. The maximum Gasteiger partial charge on any atom is 0.211 e. The van der Waals surface area contributed by atoms with E-state index in [0.717, 1.165) is 59.1 Å². The molecule has 0 bridgehead atoms. The van der Waals surface area contributed by atoms with Crippen LogP contribution in [0.2, 0.25) is 0 Å². The Morgan fingerprint density at radius 1 is 1.21 bits per heavy atom. The van der Waals surface area contributed by atoms with Crippen molar-refractivity contribution in [1.29, 1.82) is 0 Å². The average Bonchev–Trinajstić information content (AvgIpc) is 3.16. The predicted molar refractivity (Wildman–Crippen MR) is 111 cm³/mol. The predicted octanol–water partition coefficient (Wildman–Crippen LogP) is 4.06. The largest absolute Gasteiger partial charge is 0.315 e. The molecule has 0 amide bonds. The van der Waals surface area contributed by atoms with Crippen LogP contribution in [0.5, 0.6) is 0 Å². The maximum atomic E-state index is 4.83. The minimum atomic E-state index is 0.205. The second kappa shape index (κ2) is 8.70. The molecule has 0 radical (unpaired) electrons. The number of likely N-dealkylation sites (tertiary alicyclic amines) is 1. The lowest BCUT2D eigenvalue weighted by Crippen LogP contribution is -2.34. The van der Waals surface area contributed by atoms with Crippen molar-refractivity contribution in [1.82, 2.24) is 30.0 Å². The Kier molecular flexibility index (Phi) is 5.87. The third-order valence-corrected chi connectivity index (χ3v) is 5.86. The van der Waals surface area contributed by atoms with E-state index in [1.165, 1.54) is 12.8 Å². The van der Waals surface area contributed by atoms with E-state index in [9.17, 15) is 0 Å². The summed E-state index contributed by atoms with van der Waals surface area (Å²) in [6, 6.07) is 8.24. The summed E-state index contributed by atoms with van der Waals surface area (Å²) < 4.78 is 0. The number of aromatic nitrogens is 5. The van der Waals surface area contributed by atoms with Gasteiger partial charge in [0.2, 0.25) is 5.13 Å². The molecule has 0 aliphatic carbocycles. The van der Waals surface area contributed by atoms with Crippen molar-refractivity contribution in [2.45, 2.75) is 52.1 Å². The Morgan fingerprint density at radius 3 is 2.93 bits per heavy atom. The molecule has 1 fully saturated rings. The summed E-state index contributed by atoms with van der Waals surface area (Å²) >= 11 is 1.56. The van der Waals surface area contributed by atoms with Crippen LogP contribution in [-0.4, -0.2) is 36.6 Å². The van der Waals surface area contributed by atoms with Crippen molar-refractivity contribution >= 4 is 22.3 Å². The van der Waals surface area contributed by atoms with Crippen LogP contribution in [0, 0.1) is 6.92 Å². The first-order valence-electron chi connectivity index (χ1n) is 9.80. The molecule has 0 saturated carbocycles. The topological polar surface area (TPSA) is 79.7 Å². The monoisotopic (exact) mass is 395 g/mol. The minimum Gasteiger partial charge on any atom is -0.315 e. The average molecular weight is 396 g/mol. The Hall–Kier alpha value is -2.45. The number of pyridine rings is 1. The summed E-state index contributed by atoms with van der Waals surface area (Å²) in [5, 5.41) is 13.5. The van der Waals surface area contributed by atoms with Crippen LogP contribution in [0.15, 0.2) is 30.5 Å². The Bertz CT molecular complexity index is 912. The number of hydrogen-bond donors (Lipinski definition) is 1. The Balaban J connectivity index is 1.56. The standard InChI is InChI=1S/C20H25N7S/c1-3-18-25-26-20(28-18)24-17-12-14(2)22-19(23-17)16-9-5-7-11-27(16)13-15-8-4-6-10-21-15/h4,6,8,10,12,16H,3,5,7,9,11,13H2,1-2H3,(H,22,23,24,26). The normalized spacial score (nSPS) is 17.6. The lowest BCUT2D eigenvalue weighted by molar-refractivity contribution is 0.132. The molecule has 1 N–H and O–H groups in total. The summed E-state index contributed by atoms with van der Waals surface area (Å²) in [6.45, 7) is 5.95. The highest BCUT2D eigenvalue weighted by atomic mass is 32.1. The smallest absolute Gasteiger partial charge is 0.211 e.